The number of amides is 1. The molecule has 1 aliphatic heterocycles. The van der Waals surface area contributed by atoms with E-state index in [9.17, 15) is 9.90 Å². The summed E-state index contributed by atoms with van der Waals surface area (Å²) in [6.07, 6.45) is 8.08. The van der Waals surface area contributed by atoms with E-state index in [1.54, 1.807) is 5.48 Å². The number of para-hydroxylation sites is 1. The van der Waals surface area contributed by atoms with Gasteiger partial charge < -0.3 is 19.5 Å². The van der Waals surface area contributed by atoms with Crippen LogP contribution in [0.3, 0.4) is 0 Å². The van der Waals surface area contributed by atoms with Gasteiger partial charge in [-0.25, -0.2) is 15.4 Å². The molecule has 3 N–H and O–H groups in total. The molecule has 1 aliphatic rings. The quantitative estimate of drug-likeness (QED) is 0.336. The fraction of sp³-hybridized carbons (Fsp3) is 0.458. The second-order valence-corrected chi connectivity index (χ2v) is 8.70. The van der Waals surface area contributed by atoms with Crippen LogP contribution in [0.1, 0.15) is 28.8 Å². The van der Waals surface area contributed by atoms with E-state index in [0.29, 0.717) is 18.4 Å². The van der Waals surface area contributed by atoms with E-state index < -0.39 is 5.91 Å². The largest absolute Gasteiger partial charge is 0.395 e. The van der Waals surface area contributed by atoms with Crippen molar-refractivity contribution in [2.24, 2.45) is 13.0 Å². The first-order valence-corrected chi connectivity index (χ1v) is 11.5. The molecule has 2 aromatic heterocycles. The Bertz CT molecular complexity index is 1060. The number of nitrogens with one attached hydrogen (secondary N) is 1. The molecule has 3 aromatic rings. The van der Waals surface area contributed by atoms with Crippen LogP contribution in [-0.2, 0) is 13.5 Å². The van der Waals surface area contributed by atoms with E-state index in [0.717, 1.165) is 45.4 Å². The molecule has 0 bridgehead atoms. The fourth-order valence-electron chi connectivity index (χ4n) is 4.69. The third kappa shape index (κ3) is 5.50. The monoisotopic (exact) mass is 452 g/mol. The van der Waals surface area contributed by atoms with E-state index in [-0.39, 0.29) is 12.2 Å². The summed E-state index contributed by atoms with van der Waals surface area (Å²) in [6.45, 7) is 4.44. The predicted octanol–water partition coefficient (Wildman–Crippen LogP) is 1.84. The first-order chi connectivity index (χ1) is 16.1. The summed E-state index contributed by atoms with van der Waals surface area (Å²) >= 11 is 0. The summed E-state index contributed by atoms with van der Waals surface area (Å²) < 4.78 is 2.18. The van der Waals surface area contributed by atoms with Crippen LogP contribution < -0.4 is 10.4 Å². The van der Waals surface area contributed by atoms with Crippen molar-refractivity contribution in [3.8, 4) is 0 Å². The normalized spacial score (nSPS) is 14.8. The molecule has 0 radical (unpaired) electrons. The van der Waals surface area contributed by atoms with Crippen molar-refractivity contribution in [2.75, 3.05) is 44.2 Å². The number of hydroxylamine groups is 1. The van der Waals surface area contributed by atoms with E-state index in [2.05, 4.69) is 61.8 Å². The number of piperidine rings is 1. The molecule has 9 heteroatoms. The van der Waals surface area contributed by atoms with Crippen LogP contribution in [0.15, 0.2) is 42.9 Å². The van der Waals surface area contributed by atoms with Crippen LogP contribution in [0.4, 0.5) is 5.95 Å². The zero-order valence-electron chi connectivity index (χ0n) is 19.0. The lowest BCUT2D eigenvalue weighted by Crippen LogP contribution is -2.40. The minimum absolute atomic E-state index is 0.163. The topological polar surface area (TPSA) is 107 Å². The Hall–Kier alpha value is -3.01. The minimum atomic E-state index is -0.618. The molecule has 0 unspecified atom stereocenters. The number of aryl methyl sites for hydroxylation is 1. The molecule has 0 atom stereocenters. The van der Waals surface area contributed by atoms with Gasteiger partial charge in [0, 0.05) is 69.3 Å². The van der Waals surface area contributed by atoms with Crippen molar-refractivity contribution in [1.29, 1.82) is 0 Å². The zero-order valence-corrected chi connectivity index (χ0v) is 19.0. The first-order valence-electron chi connectivity index (χ1n) is 11.5. The lowest BCUT2D eigenvalue weighted by molar-refractivity contribution is 0.0705. The standard InChI is InChI=1S/C24H32N6O3/c1-28-17-19(21-4-2-3-5-22(21)28)8-9-29(12-13-31)16-18-6-10-30(11-7-18)24-25-14-20(15-26-24)23(32)27-33/h2-5,14-15,17-18,31,33H,6-13,16H2,1H3,(H,27,32). The number of benzene rings is 1. The maximum absolute atomic E-state index is 11.4. The molecule has 1 amide bonds. The molecule has 0 saturated carbocycles. The van der Waals surface area contributed by atoms with Gasteiger partial charge in [-0.2, -0.15) is 0 Å². The molecule has 3 heterocycles. The number of hydrogen-bond donors (Lipinski definition) is 3. The molecule has 1 aromatic carbocycles. The number of aromatic nitrogens is 3. The van der Waals surface area contributed by atoms with Crippen LogP contribution >= 0.6 is 0 Å². The van der Waals surface area contributed by atoms with Crippen molar-refractivity contribution in [3.05, 3.63) is 54.0 Å². The Morgan fingerprint density at radius 3 is 2.61 bits per heavy atom. The summed E-state index contributed by atoms with van der Waals surface area (Å²) in [6, 6.07) is 8.49. The molecule has 1 fully saturated rings. The molecular formula is C24H32N6O3. The third-order valence-corrected chi connectivity index (χ3v) is 6.51. The van der Waals surface area contributed by atoms with Crippen LogP contribution in [0, 0.1) is 5.92 Å². The zero-order chi connectivity index (χ0) is 23.2. The second kappa shape index (κ2) is 10.7. The number of carbonyl (C=O) groups excluding carboxylic acids is 1. The van der Waals surface area contributed by atoms with Crippen LogP contribution in [-0.4, -0.2) is 75.0 Å². The fourth-order valence-corrected chi connectivity index (χ4v) is 4.69. The third-order valence-electron chi connectivity index (χ3n) is 6.51. The average Bonchev–Trinajstić information content (AvgIpc) is 3.18. The van der Waals surface area contributed by atoms with Gasteiger partial charge in [0.2, 0.25) is 5.95 Å². The summed E-state index contributed by atoms with van der Waals surface area (Å²) in [5, 5.41) is 19.6. The molecule has 4 rings (SSSR count). The first kappa shape index (κ1) is 23.2. The maximum atomic E-state index is 11.4. The summed E-state index contributed by atoms with van der Waals surface area (Å²) in [5.41, 5.74) is 4.41. The minimum Gasteiger partial charge on any atom is -0.395 e. The van der Waals surface area contributed by atoms with Crippen LogP contribution in [0.5, 0.6) is 0 Å². The summed E-state index contributed by atoms with van der Waals surface area (Å²) in [7, 11) is 2.09. The van der Waals surface area contributed by atoms with Crippen molar-refractivity contribution < 1.29 is 15.1 Å². The van der Waals surface area contributed by atoms with Gasteiger partial charge in [0.1, 0.15) is 0 Å². The van der Waals surface area contributed by atoms with Crippen molar-refractivity contribution in [3.63, 3.8) is 0 Å². The Kier molecular flexibility index (Phi) is 7.54. The van der Waals surface area contributed by atoms with Gasteiger partial charge in [-0.1, -0.05) is 18.2 Å². The Morgan fingerprint density at radius 1 is 1.18 bits per heavy atom. The number of rotatable bonds is 9. The average molecular weight is 453 g/mol. The highest BCUT2D eigenvalue weighted by atomic mass is 16.5. The molecule has 33 heavy (non-hydrogen) atoms. The smallest absolute Gasteiger partial charge is 0.277 e. The Morgan fingerprint density at radius 2 is 1.91 bits per heavy atom. The van der Waals surface area contributed by atoms with E-state index in [1.807, 2.05) is 0 Å². The molecule has 176 valence electrons. The highest BCUT2D eigenvalue weighted by Crippen LogP contribution is 2.23. The van der Waals surface area contributed by atoms with Crippen molar-refractivity contribution in [2.45, 2.75) is 19.3 Å². The van der Waals surface area contributed by atoms with E-state index in [4.69, 9.17) is 5.21 Å². The number of fused-ring (bicyclic) bond motifs is 1. The van der Waals surface area contributed by atoms with Gasteiger partial charge in [0.15, 0.2) is 0 Å². The number of aliphatic hydroxyl groups is 1. The lowest BCUT2D eigenvalue weighted by Gasteiger charge is -2.34. The Balaban J connectivity index is 1.30. The second-order valence-electron chi connectivity index (χ2n) is 8.70. The SMILES string of the molecule is Cn1cc(CCN(CCO)CC2CCN(c3ncc(C(=O)NO)cn3)CC2)c2ccccc21. The number of hydrogen-bond acceptors (Lipinski definition) is 7. The number of aliphatic hydroxyl groups excluding tert-OH is 1. The number of carbonyl (C=O) groups is 1. The van der Waals surface area contributed by atoms with Crippen molar-refractivity contribution in [1.82, 2.24) is 24.9 Å². The van der Waals surface area contributed by atoms with Crippen molar-refractivity contribution >= 4 is 22.8 Å². The van der Waals surface area contributed by atoms with Crippen LogP contribution in [0.2, 0.25) is 0 Å². The van der Waals surface area contributed by atoms with Gasteiger partial charge >= 0.3 is 0 Å². The summed E-state index contributed by atoms with van der Waals surface area (Å²) in [5.74, 6) is 0.540. The molecular weight excluding hydrogens is 420 g/mol. The van der Waals surface area contributed by atoms with Gasteiger partial charge in [0.05, 0.1) is 12.2 Å². The maximum Gasteiger partial charge on any atom is 0.277 e. The van der Waals surface area contributed by atoms with E-state index in [1.165, 1.54) is 28.9 Å². The number of anilines is 1. The highest BCUT2D eigenvalue weighted by Gasteiger charge is 2.23. The highest BCUT2D eigenvalue weighted by molar-refractivity contribution is 5.92. The Labute approximate surface area is 193 Å². The van der Waals surface area contributed by atoms with Crippen LogP contribution in [0.25, 0.3) is 10.9 Å². The molecule has 9 nitrogen and oxygen atoms in total. The molecule has 0 spiro atoms. The van der Waals surface area contributed by atoms with Gasteiger partial charge in [-0.3, -0.25) is 10.0 Å². The molecule has 0 aliphatic carbocycles. The molecule has 1 saturated heterocycles. The van der Waals surface area contributed by atoms with Gasteiger partial charge in [-0.05, 0) is 36.8 Å². The van der Waals surface area contributed by atoms with Gasteiger partial charge in [0.25, 0.3) is 5.91 Å². The predicted molar refractivity (Wildman–Crippen MR) is 126 cm³/mol. The van der Waals surface area contributed by atoms with Gasteiger partial charge in [-0.15, -0.1) is 0 Å². The number of nitrogens with zero attached hydrogens (tertiary/aromatic N) is 5. The summed E-state index contributed by atoms with van der Waals surface area (Å²) in [4.78, 5) is 24.5. The van der Waals surface area contributed by atoms with E-state index >= 15 is 0 Å². The lowest BCUT2D eigenvalue weighted by atomic mass is 9.96.